The van der Waals surface area contributed by atoms with Gasteiger partial charge in [-0.2, -0.15) is 0 Å². The van der Waals surface area contributed by atoms with Crippen molar-refractivity contribution in [3.63, 3.8) is 0 Å². The highest BCUT2D eigenvalue weighted by molar-refractivity contribution is 8.00. The molecule has 5 aromatic rings. The SMILES string of the molecule is CC(Sc1cccc(NC(=O)/C(=C/c2cccnc2)NC(=O)c2ccccc2)c1)C(=O)Nc1nc2ccccc2s1. The molecular formula is C31H25N5O3S2. The van der Waals surface area contributed by atoms with E-state index in [-0.39, 0.29) is 11.6 Å². The topological polar surface area (TPSA) is 113 Å². The summed E-state index contributed by atoms with van der Waals surface area (Å²) in [6.45, 7) is 1.81. The Balaban J connectivity index is 1.27. The zero-order valence-corrected chi connectivity index (χ0v) is 23.5. The van der Waals surface area contributed by atoms with Crippen LogP contribution in [0.2, 0.25) is 0 Å². The number of fused-ring (bicyclic) bond motifs is 1. The number of thiazole rings is 1. The number of amides is 3. The minimum Gasteiger partial charge on any atom is -0.321 e. The van der Waals surface area contributed by atoms with Gasteiger partial charge in [0.1, 0.15) is 5.70 Å². The van der Waals surface area contributed by atoms with E-state index in [1.54, 1.807) is 73.1 Å². The fraction of sp³-hybridized carbons (Fsp3) is 0.0645. The van der Waals surface area contributed by atoms with Crippen LogP contribution in [0.25, 0.3) is 16.3 Å². The predicted octanol–water partition coefficient (Wildman–Crippen LogP) is 6.22. The lowest BCUT2D eigenvalue weighted by molar-refractivity contribution is -0.115. The van der Waals surface area contributed by atoms with Crippen molar-refractivity contribution in [3.8, 4) is 0 Å². The molecule has 0 saturated carbocycles. The number of aromatic nitrogens is 2. The molecule has 10 heteroatoms. The van der Waals surface area contributed by atoms with Gasteiger partial charge in [0.2, 0.25) is 5.91 Å². The van der Waals surface area contributed by atoms with Gasteiger partial charge in [0, 0.05) is 28.5 Å². The van der Waals surface area contributed by atoms with E-state index in [4.69, 9.17) is 0 Å². The van der Waals surface area contributed by atoms with E-state index in [0.717, 1.165) is 15.1 Å². The van der Waals surface area contributed by atoms with Crippen LogP contribution in [-0.2, 0) is 9.59 Å². The molecule has 2 heterocycles. The van der Waals surface area contributed by atoms with Gasteiger partial charge in [-0.05, 0) is 67.1 Å². The molecular weight excluding hydrogens is 555 g/mol. The standard InChI is InChI=1S/C31H25N5O3S2/c1-20(28(37)36-31-35-25-14-5-6-15-27(25)41-31)40-24-13-7-12-23(18-24)33-30(39)26(17-21-9-8-16-32-19-21)34-29(38)22-10-3-2-4-11-22/h2-20H,1H3,(H,33,39)(H,34,38)(H,35,36,37)/b26-17-. The summed E-state index contributed by atoms with van der Waals surface area (Å²) in [7, 11) is 0. The average Bonchev–Trinajstić information content (AvgIpc) is 3.40. The second kappa shape index (κ2) is 13.0. The number of thioether (sulfide) groups is 1. The number of pyridine rings is 1. The molecule has 0 aliphatic heterocycles. The van der Waals surface area contributed by atoms with E-state index in [2.05, 4.69) is 25.9 Å². The van der Waals surface area contributed by atoms with E-state index in [9.17, 15) is 14.4 Å². The summed E-state index contributed by atoms with van der Waals surface area (Å²) in [5.41, 5.74) is 2.50. The third kappa shape index (κ3) is 7.44. The lowest BCUT2D eigenvalue weighted by atomic mass is 10.2. The fourth-order valence-corrected chi connectivity index (χ4v) is 5.60. The monoisotopic (exact) mass is 579 g/mol. The van der Waals surface area contributed by atoms with E-state index >= 15 is 0 Å². The Morgan fingerprint density at radius 1 is 0.902 bits per heavy atom. The van der Waals surface area contributed by atoms with Gasteiger partial charge in [-0.1, -0.05) is 53.8 Å². The maximum atomic E-state index is 13.3. The highest BCUT2D eigenvalue weighted by atomic mass is 32.2. The van der Waals surface area contributed by atoms with E-state index in [0.29, 0.717) is 21.9 Å². The molecule has 1 unspecified atom stereocenters. The molecule has 0 radical (unpaired) electrons. The molecule has 3 N–H and O–H groups in total. The number of nitrogens with one attached hydrogen (secondary N) is 3. The fourth-order valence-electron chi connectivity index (χ4n) is 3.81. The van der Waals surface area contributed by atoms with Crippen LogP contribution in [0.4, 0.5) is 10.8 Å². The maximum absolute atomic E-state index is 13.3. The minimum atomic E-state index is -0.498. The maximum Gasteiger partial charge on any atom is 0.272 e. The molecule has 0 bridgehead atoms. The number of para-hydroxylation sites is 1. The average molecular weight is 580 g/mol. The van der Waals surface area contributed by atoms with E-state index in [1.165, 1.54) is 23.1 Å². The van der Waals surface area contributed by atoms with Crippen molar-refractivity contribution in [2.75, 3.05) is 10.6 Å². The Hall–Kier alpha value is -4.80. The van der Waals surface area contributed by atoms with Gasteiger partial charge in [0.05, 0.1) is 15.5 Å². The number of nitrogens with zero attached hydrogens (tertiary/aromatic N) is 2. The summed E-state index contributed by atoms with van der Waals surface area (Å²) in [5.74, 6) is -1.08. The Kier molecular flexibility index (Phi) is 8.82. The Bertz CT molecular complexity index is 1690. The van der Waals surface area contributed by atoms with Gasteiger partial charge in [-0.25, -0.2) is 4.98 Å². The van der Waals surface area contributed by atoms with Gasteiger partial charge >= 0.3 is 0 Å². The molecule has 0 aliphatic rings. The molecule has 2 aromatic heterocycles. The molecule has 204 valence electrons. The third-order valence-electron chi connectivity index (χ3n) is 5.82. The van der Waals surface area contributed by atoms with Crippen LogP contribution in [0.5, 0.6) is 0 Å². The van der Waals surface area contributed by atoms with Crippen LogP contribution in [-0.4, -0.2) is 32.9 Å². The molecule has 1 atom stereocenters. The van der Waals surface area contributed by atoms with Gasteiger partial charge in [0.25, 0.3) is 11.8 Å². The smallest absolute Gasteiger partial charge is 0.272 e. The van der Waals surface area contributed by atoms with E-state index < -0.39 is 17.1 Å². The van der Waals surface area contributed by atoms with Gasteiger partial charge in [0.15, 0.2) is 5.13 Å². The van der Waals surface area contributed by atoms with Crippen LogP contribution in [0.15, 0.2) is 114 Å². The summed E-state index contributed by atoms with van der Waals surface area (Å²) in [5, 5.41) is 8.59. The number of benzene rings is 3. The lowest BCUT2D eigenvalue weighted by Gasteiger charge is -2.13. The summed E-state index contributed by atoms with van der Waals surface area (Å²) in [4.78, 5) is 48.3. The molecule has 41 heavy (non-hydrogen) atoms. The number of hydrogen-bond donors (Lipinski definition) is 3. The van der Waals surface area contributed by atoms with Crippen molar-refractivity contribution in [3.05, 3.63) is 120 Å². The van der Waals surface area contributed by atoms with Crippen LogP contribution in [0.1, 0.15) is 22.8 Å². The second-order valence-corrected chi connectivity index (χ2v) is 11.3. The summed E-state index contributed by atoms with van der Waals surface area (Å²) >= 11 is 2.78. The first-order valence-electron chi connectivity index (χ1n) is 12.7. The van der Waals surface area contributed by atoms with Gasteiger partial charge in [-0.3, -0.25) is 19.4 Å². The lowest BCUT2D eigenvalue weighted by Crippen LogP contribution is -2.30. The van der Waals surface area contributed by atoms with Crippen molar-refractivity contribution >= 4 is 67.9 Å². The van der Waals surface area contributed by atoms with Crippen LogP contribution in [0.3, 0.4) is 0 Å². The van der Waals surface area contributed by atoms with Crippen molar-refractivity contribution in [1.82, 2.24) is 15.3 Å². The minimum absolute atomic E-state index is 0.0634. The first kappa shape index (κ1) is 27.8. The number of carbonyl (C=O) groups is 3. The first-order valence-corrected chi connectivity index (χ1v) is 14.4. The Morgan fingerprint density at radius 3 is 2.49 bits per heavy atom. The normalized spacial score (nSPS) is 12.0. The molecule has 8 nitrogen and oxygen atoms in total. The Labute approximate surface area is 244 Å². The Morgan fingerprint density at radius 2 is 1.71 bits per heavy atom. The number of anilines is 2. The summed E-state index contributed by atoms with van der Waals surface area (Å²) in [6, 6.07) is 27.1. The summed E-state index contributed by atoms with van der Waals surface area (Å²) in [6.07, 6.45) is 4.79. The number of carbonyl (C=O) groups excluding carboxylic acids is 3. The van der Waals surface area contributed by atoms with Gasteiger partial charge < -0.3 is 16.0 Å². The van der Waals surface area contributed by atoms with Crippen LogP contribution in [0, 0.1) is 0 Å². The van der Waals surface area contributed by atoms with Crippen LogP contribution >= 0.6 is 23.1 Å². The quantitative estimate of drug-likeness (QED) is 0.141. The molecule has 5 rings (SSSR count). The van der Waals surface area contributed by atoms with Crippen LogP contribution < -0.4 is 16.0 Å². The second-order valence-electron chi connectivity index (χ2n) is 8.88. The van der Waals surface area contributed by atoms with Crippen molar-refractivity contribution in [1.29, 1.82) is 0 Å². The largest absolute Gasteiger partial charge is 0.321 e. The molecule has 0 spiro atoms. The van der Waals surface area contributed by atoms with Crippen molar-refractivity contribution in [2.24, 2.45) is 0 Å². The molecule has 0 aliphatic carbocycles. The predicted molar refractivity (Wildman–Crippen MR) is 165 cm³/mol. The molecule has 0 fully saturated rings. The van der Waals surface area contributed by atoms with Gasteiger partial charge in [-0.15, -0.1) is 11.8 Å². The van der Waals surface area contributed by atoms with Crippen molar-refractivity contribution < 1.29 is 14.4 Å². The zero-order valence-electron chi connectivity index (χ0n) is 21.9. The van der Waals surface area contributed by atoms with E-state index in [1.807, 2.05) is 43.3 Å². The molecule has 0 saturated heterocycles. The molecule has 3 amide bonds. The number of rotatable bonds is 9. The molecule has 3 aromatic carbocycles. The first-order chi connectivity index (χ1) is 19.9. The number of hydrogen-bond acceptors (Lipinski definition) is 7. The third-order valence-corrected chi connectivity index (χ3v) is 7.87. The zero-order chi connectivity index (χ0) is 28.6. The summed E-state index contributed by atoms with van der Waals surface area (Å²) < 4.78 is 1.00. The van der Waals surface area contributed by atoms with Crippen molar-refractivity contribution in [2.45, 2.75) is 17.1 Å². The highest BCUT2D eigenvalue weighted by Crippen LogP contribution is 2.29. The highest BCUT2D eigenvalue weighted by Gasteiger charge is 2.18.